The molecule has 1 fully saturated rings. The number of carbonyl (C=O) groups is 1. The highest BCUT2D eigenvalue weighted by molar-refractivity contribution is 8.04. The third kappa shape index (κ3) is 6.25. The first-order valence-electron chi connectivity index (χ1n) is 10.6. The average molecular weight is 434 g/mol. The molecule has 1 aliphatic heterocycles. The van der Waals surface area contributed by atoms with Crippen LogP contribution in [0.4, 0.5) is 0 Å². The summed E-state index contributed by atoms with van der Waals surface area (Å²) in [4.78, 5) is 17.6. The number of phenols is 1. The molecule has 3 N–H and O–H groups in total. The lowest BCUT2D eigenvalue weighted by molar-refractivity contribution is -0.124. The summed E-state index contributed by atoms with van der Waals surface area (Å²) in [6.07, 6.45) is 2.82. The van der Waals surface area contributed by atoms with E-state index < -0.39 is 0 Å². The summed E-state index contributed by atoms with van der Waals surface area (Å²) in [5.41, 5.74) is 8.60. The van der Waals surface area contributed by atoms with Gasteiger partial charge in [-0.05, 0) is 61.7 Å². The molecule has 168 valence electrons. The van der Waals surface area contributed by atoms with Gasteiger partial charge in [0, 0.05) is 23.7 Å². The van der Waals surface area contributed by atoms with Crippen LogP contribution in [0.5, 0.6) is 5.75 Å². The molecule has 5 nitrogen and oxygen atoms in total. The maximum absolute atomic E-state index is 12.9. The minimum absolute atomic E-state index is 0.0232. The van der Waals surface area contributed by atoms with Crippen LogP contribution >= 0.6 is 11.8 Å². The van der Waals surface area contributed by atoms with Crippen molar-refractivity contribution in [2.24, 2.45) is 5.73 Å². The van der Waals surface area contributed by atoms with Crippen molar-refractivity contribution in [1.29, 1.82) is 0 Å². The summed E-state index contributed by atoms with van der Waals surface area (Å²) in [7, 11) is 4.06. The number of thioether (sulfide) groups is 1. The Morgan fingerprint density at radius 1 is 1.17 bits per heavy atom. The Balaban J connectivity index is 2.29. The second-order valence-corrected chi connectivity index (χ2v) is 11.6. The van der Waals surface area contributed by atoms with Crippen molar-refractivity contribution in [3.8, 4) is 5.75 Å². The van der Waals surface area contributed by atoms with Crippen molar-refractivity contribution in [3.63, 3.8) is 0 Å². The third-order valence-electron chi connectivity index (χ3n) is 5.32. The number of aromatic hydroxyl groups is 1. The van der Waals surface area contributed by atoms with Crippen molar-refractivity contribution in [3.05, 3.63) is 33.7 Å². The van der Waals surface area contributed by atoms with E-state index in [9.17, 15) is 9.90 Å². The normalized spacial score (nSPS) is 18.0. The van der Waals surface area contributed by atoms with Gasteiger partial charge in [-0.2, -0.15) is 0 Å². The summed E-state index contributed by atoms with van der Waals surface area (Å²) in [5, 5.41) is 10.9. The van der Waals surface area contributed by atoms with Gasteiger partial charge in [-0.1, -0.05) is 53.3 Å². The highest BCUT2D eigenvalue weighted by atomic mass is 32.2. The van der Waals surface area contributed by atoms with Crippen LogP contribution in [-0.2, 0) is 15.6 Å². The summed E-state index contributed by atoms with van der Waals surface area (Å²) >= 11 is 1.56. The number of hydrogen-bond donors (Lipinski definition) is 2. The van der Waals surface area contributed by atoms with Gasteiger partial charge in [0.2, 0.25) is 0 Å². The number of nitrogens with two attached hydrogens (primary N) is 1. The minimum atomic E-state index is -0.198. The fourth-order valence-corrected chi connectivity index (χ4v) is 4.49. The Kier molecular flexibility index (Phi) is 7.70. The van der Waals surface area contributed by atoms with E-state index in [1.54, 1.807) is 11.8 Å². The van der Waals surface area contributed by atoms with Gasteiger partial charge < -0.3 is 20.6 Å². The third-order valence-corrected chi connectivity index (χ3v) is 6.37. The molecule has 6 heteroatoms. The lowest BCUT2D eigenvalue weighted by Crippen LogP contribution is -2.39. The first kappa shape index (κ1) is 24.8. The largest absolute Gasteiger partial charge is 0.507 e. The van der Waals surface area contributed by atoms with Gasteiger partial charge in [-0.3, -0.25) is 4.79 Å². The topological polar surface area (TPSA) is 69.8 Å². The van der Waals surface area contributed by atoms with E-state index in [0.717, 1.165) is 34.6 Å². The molecular weight excluding hydrogens is 394 g/mol. The van der Waals surface area contributed by atoms with Gasteiger partial charge in [0.15, 0.2) is 0 Å². The molecule has 0 spiro atoms. The summed E-state index contributed by atoms with van der Waals surface area (Å²) in [6, 6.07) is 4.00. The van der Waals surface area contributed by atoms with E-state index >= 15 is 0 Å². The van der Waals surface area contributed by atoms with Crippen molar-refractivity contribution in [2.45, 2.75) is 64.8 Å². The molecule has 0 bridgehead atoms. The standard InChI is InChI=1S/C24H39N3O2S/c1-23(2,3)18-11-16(12-19(21(18)28)24(4,5)6)13-20-22(29)27(15-30-20)14-17(25)9-10-26(7)8/h11-13,17,28H,9-10,14-15,25H2,1-8H3. The second kappa shape index (κ2) is 9.33. The van der Waals surface area contributed by atoms with Gasteiger partial charge in [0.1, 0.15) is 5.75 Å². The Hall–Kier alpha value is -1.50. The fraction of sp³-hybridized carbons (Fsp3) is 0.625. The SMILES string of the molecule is CN(C)CCC(N)CN1CSC(=Cc2cc(C(C)(C)C)c(O)c(C(C)(C)C)c2)C1=O. The monoisotopic (exact) mass is 433 g/mol. The Morgan fingerprint density at radius 3 is 2.17 bits per heavy atom. The quantitative estimate of drug-likeness (QED) is 0.660. The predicted molar refractivity (Wildman–Crippen MR) is 129 cm³/mol. The molecule has 1 aliphatic rings. The minimum Gasteiger partial charge on any atom is -0.507 e. The zero-order valence-corrected chi connectivity index (χ0v) is 20.7. The average Bonchev–Trinajstić information content (AvgIpc) is 2.92. The number of rotatable bonds is 6. The molecule has 30 heavy (non-hydrogen) atoms. The fourth-order valence-electron chi connectivity index (χ4n) is 3.50. The van der Waals surface area contributed by atoms with Crippen LogP contribution in [0.3, 0.4) is 0 Å². The van der Waals surface area contributed by atoms with Crippen LogP contribution in [0, 0.1) is 0 Å². The van der Waals surface area contributed by atoms with Crippen molar-refractivity contribution in [1.82, 2.24) is 9.80 Å². The highest BCUT2D eigenvalue weighted by Crippen LogP contribution is 2.41. The summed E-state index contributed by atoms with van der Waals surface area (Å²) in [6.45, 7) is 14.1. The maximum atomic E-state index is 12.9. The molecule has 0 radical (unpaired) electrons. The van der Waals surface area contributed by atoms with E-state index in [1.165, 1.54) is 0 Å². The number of phenolic OH excluding ortho intramolecular Hbond substituents is 1. The lowest BCUT2D eigenvalue weighted by Gasteiger charge is -2.28. The van der Waals surface area contributed by atoms with E-state index in [1.807, 2.05) is 37.2 Å². The summed E-state index contributed by atoms with van der Waals surface area (Å²) < 4.78 is 0. The van der Waals surface area contributed by atoms with Crippen molar-refractivity contribution in [2.75, 3.05) is 33.1 Å². The smallest absolute Gasteiger partial charge is 0.261 e. The van der Waals surface area contributed by atoms with Crippen LogP contribution < -0.4 is 5.73 Å². The van der Waals surface area contributed by atoms with E-state index in [4.69, 9.17) is 5.73 Å². The molecule has 1 heterocycles. The highest BCUT2D eigenvalue weighted by Gasteiger charge is 2.30. The first-order chi connectivity index (χ1) is 13.7. The molecular formula is C24H39N3O2S. The van der Waals surface area contributed by atoms with Crippen molar-refractivity contribution < 1.29 is 9.90 Å². The van der Waals surface area contributed by atoms with Crippen LogP contribution in [0.15, 0.2) is 17.0 Å². The molecule has 0 saturated carbocycles. The number of nitrogens with zero attached hydrogens (tertiary/aromatic N) is 2. The van der Waals surface area contributed by atoms with Gasteiger partial charge in [-0.15, -0.1) is 0 Å². The van der Waals surface area contributed by atoms with Crippen LogP contribution in [0.25, 0.3) is 6.08 Å². The molecule has 1 aromatic carbocycles. The number of amides is 1. The number of hydrogen-bond acceptors (Lipinski definition) is 5. The molecule has 1 unspecified atom stereocenters. The molecule has 1 amide bonds. The molecule has 1 atom stereocenters. The van der Waals surface area contributed by atoms with Gasteiger partial charge >= 0.3 is 0 Å². The summed E-state index contributed by atoms with van der Waals surface area (Å²) in [5.74, 6) is 1.04. The Bertz CT molecular complexity index is 769. The zero-order chi connectivity index (χ0) is 22.9. The lowest BCUT2D eigenvalue weighted by atomic mass is 9.78. The predicted octanol–water partition coefficient (Wildman–Crippen LogP) is 4.14. The van der Waals surface area contributed by atoms with Crippen LogP contribution in [-0.4, -0.2) is 59.9 Å². The zero-order valence-electron chi connectivity index (χ0n) is 19.9. The van der Waals surface area contributed by atoms with Gasteiger partial charge in [0.25, 0.3) is 5.91 Å². The van der Waals surface area contributed by atoms with Gasteiger partial charge in [-0.25, -0.2) is 0 Å². The first-order valence-corrected chi connectivity index (χ1v) is 11.6. The van der Waals surface area contributed by atoms with E-state index in [0.29, 0.717) is 18.2 Å². The molecule has 0 aromatic heterocycles. The molecule has 1 saturated heterocycles. The molecule has 1 aromatic rings. The molecule has 2 rings (SSSR count). The number of carbonyl (C=O) groups excluding carboxylic acids is 1. The van der Waals surface area contributed by atoms with E-state index in [2.05, 4.69) is 46.4 Å². The maximum Gasteiger partial charge on any atom is 0.261 e. The van der Waals surface area contributed by atoms with Crippen LogP contribution in [0.2, 0.25) is 0 Å². The van der Waals surface area contributed by atoms with Crippen molar-refractivity contribution >= 4 is 23.7 Å². The molecule has 0 aliphatic carbocycles. The second-order valence-electron chi connectivity index (χ2n) is 10.6. The Labute approximate surface area is 186 Å². The Morgan fingerprint density at radius 2 is 1.70 bits per heavy atom. The van der Waals surface area contributed by atoms with Gasteiger partial charge in [0.05, 0.1) is 10.8 Å². The number of benzene rings is 1. The van der Waals surface area contributed by atoms with Crippen LogP contribution in [0.1, 0.15) is 64.7 Å². The van der Waals surface area contributed by atoms with E-state index in [-0.39, 0.29) is 22.8 Å².